The first-order chi connectivity index (χ1) is 11.8. The normalized spacial score (nSPS) is 14.8. The van der Waals surface area contributed by atoms with Crippen molar-refractivity contribution in [3.63, 3.8) is 0 Å². The lowest BCUT2D eigenvalue weighted by Gasteiger charge is -2.36. The molecule has 0 spiro atoms. The van der Waals surface area contributed by atoms with Gasteiger partial charge in [0.05, 0.1) is 5.69 Å². The van der Waals surface area contributed by atoms with Crippen molar-refractivity contribution in [1.82, 2.24) is 9.88 Å². The van der Waals surface area contributed by atoms with Gasteiger partial charge < -0.3 is 20.1 Å². The van der Waals surface area contributed by atoms with Crippen molar-refractivity contribution in [2.75, 3.05) is 36.4 Å². The Labute approximate surface area is 140 Å². The highest BCUT2D eigenvalue weighted by molar-refractivity contribution is 6.01. The van der Waals surface area contributed by atoms with Crippen LogP contribution in [-0.2, 0) is 0 Å². The van der Waals surface area contributed by atoms with Crippen molar-refractivity contribution < 1.29 is 4.79 Å². The van der Waals surface area contributed by atoms with Crippen LogP contribution in [0, 0.1) is 0 Å². The molecule has 0 unspecified atom stereocenters. The van der Waals surface area contributed by atoms with Gasteiger partial charge in [-0.25, -0.2) is 4.79 Å². The number of benzene rings is 2. The van der Waals surface area contributed by atoms with Crippen molar-refractivity contribution in [2.45, 2.75) is 0 Å². The molecule has 5 heteroatoms. The number of rotatable bonds is 2. The van der Waals surface area contributed by atoms with E-state index in [1.165, 1.54) is 5.69 Å². The minimum absolute atomic E-state index is 0.0348. The highest BCUT2D eigenvalue weighted by Crippen LogP contribution is 2.23. The molecule has 1 aliphatic heterocycles. The van der Waals surface area contributed by atoms with Crippen LogP contribution < -0.4 is 10.2 Å². The van der Waals surface area contributed by atoms with Crippen LogP contribution in [-0.4, -0.2) is 42.1 Å². The minimum Gasteiger partial charge on any atom is -0.368 e. The second-order valence-corrected chi connectivity index (χ2v) is 5.99. The largest absolute Gasteiger partial charge is 0.368 e. The van der Waals surface area contributed by atoms with Crippen LogP contribution in [0.25, 0.3) is 10.9 Å². The molecule has 5 nitrogen and oxygen atoms in total. The predicted octanol–water partition coefficient (Wildman–Crippen LogP) is 3.52. The first kappa shape index (κ1) is 14.6. The number of H-pyrrole nitrogens is 1. The van der Waals surface area contributed by atoms with Crippen LogP contribution in [0.2, 0.25) is 0 Å². The van der Waals surface area contributed by atoms with Gasteiger partial charge in [-0.15, -0.1) is 0 Å². The summed E-state index contributed by atoms with van der Waals surface area (Å²) in [5.74, 6) is 0. The number of amides is 2. The Bertz CT molecular complexity index is 835. The molecule has 0 bridgehead atoms. The minimum atomic E-state index is -0.0348. The standard InChI is InChI=1S/C19H20N4O/c24-19(21-18-14-20-17-9-5-4-8-16(17)18)23-12-10-22(11-13-23)15-6-2-1-3-7-15/h1-9,14,20H,10-13H2,(H,21,24). The number of carbonyl (C=O) groups excluding carboxylic acids is 1. The summed E-state index contributed by atoms with van der Waals surface area (Å²) in [7, 11) is 0. The summed E-state index contributed by atoms with van der Waals surface area (Å²) in [6, 6.07) is 18.3. The van der Waals surface area contributed by atoms with E-state index in [4.69, 9.17) is 0 Å². The lowest BCUT2D eigenvalue weighted by Crippen LogP contribution is -2.50. The Morgan fingerprint density at radius 3 is 2.42 bits per heavy atom. The third-order valence-corrected chi connectivity index (χ3v) is 4.52. The average molecular weight is 320 g/mol. The molecule has 1 fully saturated rings. The Hall–Kier alpha value is -2.95. The van der Waals surface area contributed by atoms with Gasteiger partial charge >= 0.3 is 6.03 Å². The third kappa shape index (κ3) is 2.80. The molecule has 0 atom stereocenters. The molecule has 2 heterocycles. The number of fused-ring (bicyclic) bond motifs is 1. The fourth-order valence-electron chi connectivity index (χ4n) is 3.18. The summed E-state index contributed by atoms with van der Waals surface area (Å²) in [6.45, 7) is 3.16. The van der Waals surface area contributed by atoms with Gasteiger partial charge in [0.25, 0.3) is 0 Å². The van der Waals surface area contributed by atoms with Gasteiger partial charge in [-0.2, -0.15) is 0 Å². The maximum atomic E-state index is 12.5. The molecule has 0 saturated carbocycles. The molecule has 1 aliphatic rings. The number of aromatic nitrogens is 1. The van der Waals surface area contributed by atoms with Gasteiger partial charge in [0, 0.05) is 49.0 Å². The number of hydrogen-bond acceptors (Lipinski definition) is 2. The lowest BCUT2D eigenvalue weighted by molar-refractivity contribution is 0.208. The SMILES string of the molecule is O=C(Nc1c[nH]c2ccccc12)N1CCN(c2ccccc2)CC1. The summed E-state index contributed by atoms with van der Waals surface area (Å²) < 4.78 is 0. The van der Waals surface area contributed by atoms with Crippen molar-refractivity contribution in [1.29, 1.82) is 0 Å². The summed E-state index contributed by atoms with van der Waals surface area (Å²) in [4.78, 5) is 19.9. The molecule has 24 heavy (non-hydrogen) atoms. The molecule has 3 aromatic rings. The van der Waals surface area contributed by atoms with E-state index < -0.39 is 0 Å². The van der Waals surface area contributed by atoms with Gasteiger partial charge in [0.1, 0.15) is 0 Å². The maximum absolute atomic E-state index is 12.5. The third-order valence-electron chi connectivity index (χ3n) is 4.52. The highest BCUT2D eigenvalue weighted by atomic mass is 16.2. The molecule has 1 saturated heterocycles. The second-order valence-electron chi connectivity index (χ2n) is 5.99. The van der Waals surface area contributed by atoms with Crippen LogP contribution >= 0.6 is 0 Å². The smallest absolute Gasteiger partial charge is 0.322 e. The Balaban J connectivity index is 1.40. The fraction of sp³-hybridized carbons (Fsp3) is 0.211. The average Bonchev–Trinajstić information content (AvgIpc) is 3.06. The molecule has 122 valence electrons. The molecule has 2 aromatic carbocycles. The summed E-state index contributed by atoms with van der Waals surface area (Å²) in [5, 5.41) is 4.06. The van der Waals surface area contributed by atoms with Crippen LogP contribution in [0.3, 0.4) is 0 Å². The van der Waals surface area contributed by atoms with Crippen molar-refractivity contribution in [2.24, 2.45) is 0 Å². The molecular weight excluding hydrogens is 300 g/mol. The van der Waals surface area contributed by atoms with Gasteiger partial charge in [0.15, 0.2) is 0 Å². The number of urea groups is 1. The van der Waals surface area contributed by atoms with E-state index in [0.717, 1.165) is 42.8 Å². The molecule has 0 radical (unpaired) electrons. The zero-order valence-corrected chi connectivity index (χ0v) is 13.4. The summed E-state index contributed by atoms with van der Waals surface area (Å²) >= 11 is 0. The Morgan fingerprint density at radius 1 is 0.917 bits per heavy atom. The molecule has 2 amide bonds. The fourth-order valence-corrected chi connectivity index (χ4v) is 3.18. The number of carbonyl (C=O) groups is 1. The Kier molecular flexibility index (Phi) is 3.83. The van der Waals surface area contributed by atoms with Crippen molar-refractivity contribution >= 4 is 28.3 Å². The number of para-hydroxylation sites is 2. The van der Waals surface area contributed by atoms with Gasteiger partial charge in [0.2, 0.25) is 0 Å². The molecule has 1 aromatic heterocycles. The van der Waals surface area contributed by atoms with E-state index in [2.05, 4.69) is 27.3 Å². The van der Waals surface area contributed by atoms with Crippen LogP contribution in [0.1, 0.15) is 0 Å². The van der Waals surface area contributed by atoms with E-state index in [9.17, 15) is 4.79 Å². The van der Waals surface area contributed by atoms with Gasteiger partial charge in [-0.3, -0.25) is 0 Å². The molecule has 4 rings (SSSR count). The molecular formula is C19H20N4O. The molecule has 0 aliphatic carbocycles. The van der Waals surface area contributed by atoms with Crippen molar-refractivity contribution in [3.05, 3.63) is 60.8 Å². The number of aromatic amines is 1. The van der Waals surface area contributed by atoms with Crippen LogP contribution in [0.4, 0.5) is 16.2 Å². The monoisotopic (exact) mass is 320 g/mol. The number of piperazine rings is 1. The zero-order chi connectivity index (χ0) is 16.4. The van der Waals surface area contributed by atoms with E-state index in [1.807, 2.05) is 53.6 Å². The van der Waals surface area contributed by atoms with E-state index in [1.54, 1.807) is 0 Å². The van der Waals surface area contributed by atoms with Crippen molar-refractivity contribution in [3.8, 4) is 0 Å². The second kappa shape index (κ2) is 6.28. The first-order valence-electron chi connectivity index (χ1n) is 8.23. The number of nitrogens with zero attached hydrogens (tertiary/aromatic N) is 2. The Morgan fingerprint density at radius 2 is 1.62 bits per heavy atom. The lowest BCUT2D eigenvalue weighted by atomic mass is 10.2. The number of anilines is 2. The van der Waals surface area contributed by atoms with Gasteiger partial charge in [-0.05, 0) is 18.2 Å². The molecule has 2 N–H and O–H groups in total. The van der Waals surface area contributed by atoms with Gasteiger partial charge in [-0.1, -0.05) is 36.4 Å². The number of hydrogen-bond donors (Lipinski definition) is 2. The number of nitrogens with one attached hydrogen (secondary N) is 2. The highest BCUT2D eigenvalue weighted by Gasteiger charge is 2.21. The van der Waals surface area contributed by atoms with E-state index in [-0.39, 0.29) is 6.03 Å². The van der Waals surface area contributed by atoms with Crippen LogP contribution in [0.15, 0.2) is 60.8 Å². The predicted molar refractivity (Wildman–Crippen MR) is 97.5 cm³/mol. The van der Waals surface area contributed by atoms with Crippen LogP contribution in [0.5, 0.6) is 0 Å². The van der Waals surface area contributed by atoms with E-state index >= 15 is 0 Å². The van der Waals surface area contributed by atoms with E-state index in [0.29, 0.717) is 0 Å². The topological polar surface area (TPSA) is 51.4 Å². The first-order valence-corrected chi connectivity index (χ1v) is 8.23. The zero-order valence-electron chi connectivity index (χ0n) is 13.4. The maximum Gasteiger partial charge on any atom is 0.322 e. The summed E-state index contributed by atoms with van der Waals surface area (Å²) in [5.41, 5.74) is 3.08. The summed E-state index contributed by atoms with van der Waals surface area (Å²) in [6.07, 6.45) is 1.85. The quantitative estimate of drug-likeness (QED) is 0.759.